The molecule has 0 radical (unpaired) electrons. The molecule has 0 saturated heterocycles. The second kappa shape index (κ2) is 5.19. The van der Waals surface area contributed by atoms with E-state index in [1.807, 2.05) is 32.0 Å². The van der Waals surface area contributed by atoms with Crippen LogP contribution in [0, 0.1) is 5.92 Å². The van der Waals surface area contributed by atoms with Crippen LogP contribution in [0.2, 0.25) is 0 Å². The van der Waals surface area contributed by atoms with Gasteiger partial charge in [-0.25, -0.2) is 0 Å². The number of hydrogen-bond donors (Lipinski definition) is 2. The SMILES string of the molecule is CC(C)C(=O)Nc1ccc2c(c1)CNCCO2. The summed E-state index contributed by atoms with van der Waals surface area (Å²) < 4.78 is 5.58. The molecule has 4 heteroatoms. The van der Waals surface area contributed by atoms with E-state index in [0.717, 1.165) is 30.1 Å². The minimum Gasteiger partial charge on any atom is -0.492 e. The van der Waals surface area contributed by atoms with Crippen LogP contribution < -0.4 is 15.4 Å². The number of anilines is 1. The predicted molar refractivity (Wildman–Crippen MR) is 67.1 cm³/mol. The van der Waals surface area contributed by atoms with E-state index in [9.17, 15) is 4.79 Å². The van der Waals surface area contributed by atoms with Crippen molar-refractivity contribution in [3.05, 3.63) is 23.8 Å². The molecule has 1 amide bonds. The molecule has 0 fully saturated rings. The van der Waals surface area contributed by atoms with E-state index in [-0.39, 0.29) is 11.8 Å². The summed E-state index contributed by atoms with van der Waals surface area (Å²) >= 11 is 0. The molecule has 0 unspecified atom stereocenters. The molecule has 0 aliphatic carbocycles. The maximum Gasteiger partial charge on any atom is 0.226 e. The first-order chi connectivity index (χ1) is 8.16. The highest BCUT2D eigenvalue weighted by molar-refractivity contribution is 5.92. The van der Waals surface area contributed by atoms with Gasteiger partial charge in [-0.2, -0.15) is 0 Å². The van der Waals surface area contributed by atoms with Crippen LogP contribution in [-0.4, -0.2) is 19.1 Å². The molecular formula is C13H18N2O2. The van der Waals surface area contributed by atoms with Crippen molar-refractivity contribution >= 4 is 11.6 Å². The number of amides is 1. The number of benzene rings is 1. The molecule has 4 nitrogen and oxygen atoms in total. The summed E-state index contributed by atoms with van der Waals surface area (Å²) in [5.41, 5.74) is 1.92. The molecule has 2 N–H and O–H groups in total. The molecular weight excluding hydrogens is 216 g/mol. The van der Waals surface area contributed by atoms with Gasteiger partial charge in [0, 0.05) is 30.3 Å². The smallest absolute Gasteiger partial charge is 0.226 e. The molecule has 1 aromatic carbocycles. The zero-order valence-corrected chi connectivity index (χ0v) is 10.2. The van der Waals surface area contributed by atoms with E-state index in [1.165, 1.54) is 0 Å². The van der Waals surface area contributed by atoms with Crippen molar-refractivity contribution in [3.63, 3.8) is 0 Å². The van der Waals surface area contributed by atoms with E-state index in [4.69, 9.17) is 4.74 Å². The molecule has 0 saturated carbocycles. The number of carbonyl (C=O) groups excluding carboxylic acids is 1. The Morgan fingerprint density at radius 3 is 3.06 bits per heavy atom. The van der Waals surface area contributed by atoms with Crippen LogP contribution >= 0.6 is 0 Å². The fraction of sp³-hybridized carbons (Fsp3) is 0.462. The third-order valence-electron chi connectivity index (χ3n) is 2.70. The number of hydrogen-bond acceptors (Lipinski definition) is 3. The van der Waals surface area contributed by atoms with Crippen LogP contribution in [0.4, 0.5) is 5.69 Å². The Morgan fingerprint density at radius 2 is 2.29 bits per heavy atom. The Hall–Kier alpha value is -1.55. The molecule has 1 aromatic rings. The number of ether oxygens (including phenoxy) is 1. The van der Waals surface area contributed by atoms with E-state index < -0.39 is 0 Å². The number of nitrogens with one attached hydrogen (secondary N) is 2. The minimum atomic E-state index is -0.0109. The van der Waals surface area contributed by atoms with Gasteiger partial charge in [-0.15, -0.1) is 0 Å². The van der Waals surface area contributed by atoms with Gasteiger partial charge >= 0.3 is 0 Å². The highest BCUT2D eigenvalue weighted by Gasteiger charge is 2.11. The topological polar surface area (TPSA) is 50.4 Å². The second-order valence-corrected chi connectivity index (χ2v) is 4.49. The highest BCUT2D eigenvalue weighted by Crippen LogP contribution is 2.24. The number of rotatable bonds is 2. The van der Waals surface area contributed by atoms with Gasteiger partial charge in [-0.3, -0.25) is 4.79 Å². The van der Waals surface area contributed by atoms with Gasteiger partial charge in [0.15, 0.2) is 0 Å². The lowest BCUT2D eigenvalue weighted by Crippen LogP contribution is -2.18. The van der Waals surface area contributed by atoms with Crippen molar-refractivity contribution in [2.45, 2.75) is 20.4 Å². The summed E-state index contributed by atoms with van der Waals surface area (Å²) in [6.45, 7) is 6.07. The van der Waals surface area contributed by atoms with Crippen molar-refractivity contribution in [1.82, 2.24) is 5.32 Å². The largest absolute Gasteiger partial charge is 0.492 e. The Balaban J connectivity index is 2.15. The maximum absolute atomic E-state index is 11.6. The van der Waals surface area contributed by atoms with Crippen molar-refractivity contribution in [1.29, 1.82) is 0 Å². The predicted octanol–water partition coefficient (Wildman–Crippen LogP) is 1.76. The zero-order valence-electron chi connectivity index (χ0n) is 10.2. The molecule has 17 heavy (non-hydrogen) atoms. The summed E-state index contributed by atoms with van der Waals surface area (Å²) in [5, 5.41) is 6.16. The summed E-state index contributed by atoms with van der Waals surface area (Å²) in [5.74, 6) is 0.924. The molecule has 92 valence electrons. The minimum absolute atomic E-state index is 0.0109. The molecule has 2 rings (SSSR count). The Labute approximate surface area is 101 Å². The third kappa shape index (κ3) is 2.97. The number of carbonyl (C=O) groups is 1. The lowest BCUT2D eigenvalue weighted by Gasteiger charge is -2.11. The van der Waals surface area contributed by atoms with Gasteiger partial charge in [-0.1, -0.05) is 13.8 Å². The monoisotopic (exact) mass is 234 g/mol. The van der Waals surface area contributed by atoms with Crippen molar-refractivity contribution in [2.75, 3.05) is 18.5 Å². The highest BCUT2D eigenvalue weighted by atomic mass is 16.5. The lowest BCUT2D eigenvalue weighted by atomic mass is 10.1. The molecule has 1 aliphatic rings. The number of fused-ring (bicyclic) bond motifs is 1. The standard InChI is InChI=1S/C13H18N2O2/c1-9(2)13(16)15-11-3-4-12-10(7-11)8-14-5-6-17-12/h3-4,7,9,14H,5-6,8H2,1-2H3,(H,15,16). The van der Waals surface area contributed by atoms with Crippen molar-refractivity contribution < 1.29 is 9.53 Å². The van der Waals surface area contributed by atoms with Crippen LogP contribution in [0.15, 0.2) is 18.2 Å². The van der Waals surface area contributed by atoms with Crippen LogP contribution in [0.25, 0.3) is 0 Å². The molecule has 0 aromatic heterocycles. The zero-order chi connectivity index (χ0) is 12.3. The molecule has 1 aliphatic heterocycles. The Bertz CT molecular complexity index is 416. The van der Waals surface area contributed by atoms with Crippen molar-refractivity contribution in [2.24, 2.45) is 5.92 Å². The van der Waals surface area contributed by atoms with Gasteiger partial charge in [0.25, 0.3) is 0 Å². The van der Waals surface area contributed by atoms with E-state index >= 15 is 0 Å². The fourth-order valence-electron chi connectivity index (χ4n) is 1.68. The molecule has 0 bridgehead atoms. The lowest BCUT2D eigenvalue weighted by molar-refractivity contribution is -0.118. The normalized spacial score (nSPS) is 14.8. The van der Waals surface area contributed by atoms with E-state index in [1.54, 1.807) is 0 Å². The average Bonchev–Trinajstić information content (AvgIpc) is 2.53. The summed E-state index contributed by atoms with van der Waals surface area (Å²) in [6, 6.07) is 5.76. The van der Waals surface area contributed by atoms with E-state index in [0.29, 0.717) is 6.61 Å². The first-order valence-corrected chi connectivity index (χ1v) is 5.94. The molecule has 0 spiro atoms. The average molecular weight is 234 g/mol. The van der Waals surface area contributed by atoms with Crippen molar-refractivity contribution in [3.8, 4) is 5.75 Å². The summed E-state index contributed by atoms with van der Waals surface area (Å²) in [6.07, 6.45) is 0. The maximum atomic E-state index is 11.6. The Morgan fingerprint density at radius 1 is 1.47 bits per heavy atom. The summed E-state index contributed by atoms with van der Waals surface area (Å²) in [4.78, 5) is 11.6. The van der Waals surface area contributed by atoms with Gasteiger partial charge < -0.3 is 15.4 Å². The van der Waals surface area contributed by atoms with Crippen LogP contribution in [0.1, 0.15) is 19.4 Å². The molecule has 1 heterocycles. The Kier molecular flexibility index (Phi) is 3.64. The third-order valence-corrected chi connectivity index (χ3v) is 2.70. The van der Waals surface area contributed by atoms with E-state index in [2.05, 4.69) is 10.6 Å². The second-order valence-electron chi connectivity index (χ2n) is 4.49. The van der Waals surface area contributed by atoms with Crippen LogP contribution in [0.5, 0.6) is 5.75 Å². The first kappa shape index (κ1) is 11.9. The first-order valence-electron chi connectivity index (χ1n) is 5.94. The van der Waals surface area contributed by atoms with Crippen LogP contribution in [-0.2, 0) is 11.3 Å². The van der Waals surface area contributed by atoms with Gasteiger partial charge in [0.1, 0.15) is 12.4 Å². The van der Waals surface area contributed by atoms with Gasteiger partial charge in [-0.05, 0) is 18.2 Å². The van der Waals surface area contributed by atoms with Gasteiger partial charge in [0.2, 0.25) is 5.91 Å². The fourth-order valence-corrected chi connectivity index (χ4v) is 1.68. The molecule has 0 atom stereocenters. The van der Waals surface area contributed by atoms with Crippen LogP contribution in [0.3, 0.4) is 0 Å². The van der Waals surface area contributed by atoms with Gasteiger partial charge in [0.05, 0.1) is 0 Å². The quantitative estimate of drug-likeness (QED) is 0.820. The summed E-state index contributed by atoms with van der Waals surface area (Å²) in [7, 11) is 0.